The molecule has 4 N–H and O–H groups in total. The summed E-state index contributed by atoms with van der Waals surface area (Å²) in [4.78, 5) is 75.9. The number of rotatable bonds is 15. The fraction of sp³-hybridized carbons (Fsp3) is 0.221. The minimum atomic E-state index is -4.40. The van der Waals surface area contributed by atoms with Crippen LogP contribution in [0, 0.1) is 5.82 Å². The van der Waals surface area contributed by atoms with Crippen LogP contribution in [0.1, 0.15) is 131 Å². The number of ether oxygens (including phenoxy) is 4. The van der Waals surface area contributed by atoms with Gasteiger partial charge in [0.25, 0.3) is 23.6 Å². The average Bonchev–Trinajstić information content (AvgIpc) is 1.19. The Morgan fingerprint density at radius 1 is 0.412 bits per heavy atom. The van der Waals surface area contributed by atoms with E-state index >= 15 is 0 Å². The maximum atomic E-state index is 13.3. The van der Waals surface area contributed by atoms with Crippen LogP contribution in [0.5, 0.6) is 23.0 Å². The summed E-state index contributed by atoms with van der Waals surface area (Å²) in [5.74, 6) is -0.391. The van der Waals surface area contributed by atoms with Crippen molar-refractivity contribution >= 4 is 45.5 Å². The highest BCUT2D eigenvalue weighted by molar-refractivity contribution is 9.10. The largest absolute Gasteiger partial charge is 0.491 e. The maximum Gasteiger partial charge on any atom is 0.416 e. The van der Waals surface area contributed by atoms with Crippen LogP contribution in [0.25, 0.3) is 44.5 Å². The number of carboxylic acid groups (broad SMARTS) is 1. The summed E-state index contributed by atoms with van der Waals surface area (Å²) in [6, 6.07) is 74.5. The third-order valence-corrected chi connectivity index (χ3v) is 22.5. The van der Waals surface area contributed by atoms with Gasteiger partial charge in [-0.05, 0) is 217 Å². The molecule has 4 aliphatic rings. The maximum absolute atomic E-state index is 13.3. The van der Waals surface area contributed by atoms with E-state index < -0.39 is 58.7 Å². The number of nitrogens with zero attached hydrogens (tertiary/aromatic N) is 5. The van der Waals surface area contributed by atoms with Crippen molar-refractivity contribution in [2.24, 2.45) is 0 Å². The normalized spacial score (nSPS) is 15.9. The third-order valence-electron chi connectivity index (χ3n) is 22.0. The zero-order chi connectivity index (χ0) is 97.8. The number of carboxylic acids is 1. The van der Waals surface area contributed by atoms with Crippen molar-refractivity contribution in [1.29, 1.82) is 0 Å². The second kappa shape index (κ2) is 45.2. The average molecular weight is 1940 g/mol. The SMILES string of the molecule is C[C@@H](CO)NCc1ccccc1.C[C@H]1COc2ccc(-c3ccc(C(F)(F)F)cc3)cc2C(=O)N1.C[C@H]1COc2ccc(-c3ccc(C(F)(F)F)cc3)cc2C(=O)N1Cc1ccccc1.C[C@H]1COc2ccc(-c3ccc(C(F)(F)F)cc3)cc2C(=O)N1Cc1ccccc1.C[C@H]1COc2ccc(-c3ccc(C(F)(F)F)cc3)cc2C(=O)N1Cc1ncccn1.O=C(O)c1cc(Br)ccc1F. The molecule has 0 aliphatic carbocycles. The number of halogens is 14. The van der Waals surface area contributed by atoms with Crippen molar-refractivity contribution in [3.8, 4) is 67.5 Å². The van der Waals surface area contributed by atoms with E-state index in [0.717, 1.165) is 72.3 Å². The van der Waals surface area contributed by atoms with E-state index in [0.29, 0.717) is 140 Å². The molecule has 17 rings (SSSR count). The van der Waals surface area contributed by atoms with Crippen LogP contribution in [-0.2, 0) is 50.9 Å². The van der Waals surface area contributed by atoms with Gasteiger partial charge in [-0.2, -0.15) is 52.7 Å². The molecule has 32 heteroatoms. The van der Waals surface area contributed by atoms with Crippen molar-refractivity contribution in [3.63, 3.8) is 0 Å². The molecule has 706 valence electrons. The number of amides is 4. The third kappa shape index (κ3) is 27.1. The lowest BCUT2D eigenvalue weighted by molar-refractivity contribution is -0.138. The van der Waals surface area contributed by atoms with Gasteiger partial charge in [-0.15, -0.1) is 0 Å². The number of hydrogen-bond donors (Lipinski definition) is 4. The van der Waals surface area contributed by atoms with Gasteiger partial charge < -0.3 is 54.5 Å². The van der Waals surface area contributed by atoms with Gasteiger partial charge in [-0.1, -0.05) is 180 Å². The highest BCUT2D eigenvalue weighted by atomic mass is 79.9. The summed E-state index contributed by atoms with van der Waals surface area (Å²) >= 11 is 3.03. The number of aliphatic hydroxyl groups is 1. The molecular formula is C104H91BrF13N7O11. The first-order chi connectivity index (χ1) is 64.8. The van der Waals surface area contributed by atoms with Crippen LogP contribution >= 0.6 is 15.9 Å². The Morgan fingerprint density at radius 2 is 0.721 bits per heavy atom. The molecule has 1 aromatic heterocycles. The number of alkyl halides is 12. The number of fused-ring (bicyclic) bond motifs is 4. The van der Waals surface area contributed by atoms with Gasteiger partial charge in [0.15, 0.2) is 0 Å². The fourth-order valence-corrected chi connectivity index (χ4v) is 14.7. The van der Waals surface area contributed by atoms with E-state index in [1.54, 1.807) is 106 Å². The molecule has 13 aromatic rings. The molecule has 0 fully saturated rings. The highest BCUT2D eigenvalue weighted by Crippen LogP contribution is 2.41. The highest BCUT2D eigenvalue weighted by Gasteiger charge is 2.37. The van der Waals surface area contributed by atoms with Gasteiger partial charge >= 0.3 is 30.7 Å². The summed E-state index contributed by atoms with van der Waals surface area (Å²) in [7, 11) is 0. The molecule has 136 heavy (non-hydrogen) atoms. The Kier molecular flexibility index (Phi) is 33.5. The summed E-state index contributed by atoms with van der Waals surface area (Å²) < 4.78 is 190. The first-order valence-corrected chi connectivity index (χ1v) is 43.5. The van der Waals surface area contributed by atoms with Crippen LogP contribution in [0.2, 0.25) is 0 Å². The lowest BCUT2D eigenvalue weighted by Gasteiger charge is -2.26. The fourth-order valence-electron chi connectivity index (χ4n) is 14.4. The second-order valence-electron chi connectivity index (χ2n) is 32.1. The lowest BCUT2D eigenvalue weighted by atomic mass is 10.00. The smallest absolute Gasteiger partial charge is 0.416 e. The monoisotopic (exact) mass is 1940 g/mol. The molecule has 4 amide bonds. The van der Waals surface area contributed by atoms with Crippen molar-refractivity contribution < 1.29 is 110 Å². The predicted molar refractivity (Wildman–Crippen MR) is 490 cm³/mol. The topological polar surface area (TPSA) is 222 Å². The predicted octanol–water partition coefficient (Wildman–Crippen LogP) is 23.5. The van der Waals surface area contributed by atoms with Crippen LogP contribution in [-0.4, -0.2) is 128 Å². The molecule has 5 heterocycles. The van der Waals surface area contributed by atoms with Gasteiger partial charge in [0, 0.05) is 42.5 Å². The number of benzene rings is 12. The van der Waals surface area contributed by atoms with Gasteiger partial charge in [0.05, 0.1) is 87.4 Å². The molecule has 4 aliphatic heterocycles. The number of aliphatic hydroxyl groups excluding tert-OH is 1. The van der Waals surface area contributed by atoms with Gasteiger partial charge in [-0.25, -0.2) is 19.2 Å². The molecule has 12 aromatic carbocycles. The van der Waals surface area contributed by atoms with Crippen LogP contribution in [0.15, 0.2) is 302 Å². The Morgan fingerprint density at radius 3 is 1.04 bits per heavy atom. The number of nitrogens with one attached hydrogen (secondary N) is 2. The quantitative estimate of drug-likeness (QED) is 0.0701. The Hall–Kier alpha value is -14.2. The van der Waals surface area contributed by atoms with Gasteiger partial charge in [-0.3, -0.25) is 19.2 Å². The minimum Gasteiger partial charge on any atom is -0.491 e. The Labute approximate surface area is 783 Å². The van der Waals surface area contributed by atoms with Crippen LogP contribution < -0.4 is 29.6 Å². The zero-order valence-electron chi connectivity index (χ0n) is 73.6. The summed E-state index contributed by atoms with van der Waals surface area (Å²) in [6.45, 7) is 13.1. The standard InChI is InChI=1S/2C24H20F3NO2.C22H18F3N3O2.C17H14F3NO2.C10H15NO.C7H4BrFO2/c2*1-16-15-30-22-12-9-19(18-7-10-20(11-8-18)24(25,26)27)13-21(22)23(29)28(16)14-17-5-3-2-4-6-17;1-14-13-30-19-8-5-16(15-3-6-17(7-4-15)22(23,24)25)11-18(19)21(29)28(14)12-20-26-9-2-10-27-20;1-10-9-23-15-7-4-12(8-14(15)16(22)21-10)11-2-5-13(6-3-11)17(18,19)20;1-9(8-12)11-7-10-5-3-2-4-6-10;8-4-1-2-6(9)5(3-4)7(10)11/h2*2-13,16H,14-15H2,1H3;2-11,14H,12-13H2,1H3;2-8,10H,9H2,1H3,(H,21,22);2-6,9,11-12H,7-8H2,1H3;1-3H,(H,10,11)/t2*16-;14-;10-;9-;/m00000./s1. The van der Waals surface area contributed by atoms with E-state index in [2.05, 4.69) is 48.7 Å². The molecule has 18 nitrogen and oxygen atoms in total. The second-order valence-corrected chi connectivity index (χ2v) is 33.0. The summed E-state index contributed by atoms with van der Waals surface area (Å²) in [5.41, 5.74) is 6.67. The zero-order valence-corrected chi connectivity index (χ0v) is 75.2. The van der Waals surface area contributed by atoms with E-state index in [9.17, 15) is 81.0 Å². The molecule has 0 radical (unpaired) electrons. The number of aromatic nitrogens is 2. The lowest BCUT2D eigenvalue weighted by Crippen LogP contribution is -2.39. The van der Waals surface area contributed by atoms with E-state index in [4.69, 9.17) is 29.2 Å². The molecule has 0 saturated heterocycles. The Balaban J connectivity index is 0.000000152. The van der Waals surface area contributed by atoms with Gasteiger partial charge in [0.2, 0.25) is 0 Å². The van der Waals surface area contributed by atoms with Gasteiger partial charge in [0.1, 0.15) is 61.1 Å². The molecule has 0 unspecified atom stereocenters. The van der Waals surface area contributed by atoms with Crippen molar-refractivity contribution in [1.82, 2.24) is 35.3 Å². The first-order valence-electron chi connectivity index (χ1n) is 42.7. The van der Waals surface area contributed by atoms with Crippen LogP contribution in [0.3, 0.4) is 0 Å². The van der Waals surface area contributed by atoms with E-state index in [-0.39, 0.29) is 72.6 Å². The number of hydrogen-bond acceptors (Lipinski definition) is 13. The van der Waals surface area contributed by atoms with Crippen molar-refractivity contribution in [2.45, 2.75) is 116 Å². The van der Waals surface area contributed by atoms with E-state index in [1.807, 2.05) is 113 Å². The minimum absolute atomic E-state index is 0.107. The van der Waals surface area contributed by atoms with Crippen molar-refractivity contribution in [3.05, 3.63) is 380 Å². The molecule has 0 saturated carbocycles. The molecule has 5 atom stereocenters. The number of carbonyl (C=O) groups is 5. The Bertz CT molecular complexity index is 5840. The molecular weight excluding hydrogens is 1850 g/mol. The van der Waals surface area contributed by atoms with Crippen molar-refractivity contribution in [2.75, 3.05) is 33.0 Å². The number of aromatic carboxylic acids is 1. The summed E-state index contributed by atoms with van der Waals surface area (Å²) in [6.07, 6.45) is -14.3. The first kappa shape index (κ1) is 101. The van der Waals surface area contributed by atoms with E-state index in [1.165, 1.54) is 66.2 Å². The molecule has 0 bridgehead atoms. The van der Waals surface area contributed by atoms with Crippen LogP contribution in [0.4, 0.5) is 57.1 Å². The summed E-state index contributed by atoms with van der Waals surface area (Å²) in [5, 5.41) is 23.2. The molecule has 0 spiro atoms. The number of carbonyl (C=O) groups excluding carboxylic acids is 4.